The zero-order valence-corrected chi connectivity index (χ0v) is 15.1. The zero-order chi connectivity index (χ0) is 17.6. The van der Waals surface area contributed by atoms with Gasteiger partial charge in [0, 0.05) is 17.8 Å². The molecule has 4 nitrogen and oxygen atoms in total. The van der Waals surface area contributed by atoms with Gasteiger partial charge >= 0.3 is 6.03 Å². The van der Waals surface area contributed by atoms with Crippen LogP contribution >= 0.6 is 0 Å². The van der Waals surface area contributed by atoms with Crippen molar-refractivity contribution in [3.63, 3.8) is 0 Å². The lowest BCUT2D eigenvalue weighted by atomic mass is 9.94. The van der Waals surface area contributed by atoms with Crippen LogP contribution in [0.25, 0.3) is 0 Å². The van der Waals surface area contributed by atoms with Crippen molar-refractivity contribution in [2.24, 2.45) is 0 Å². The average Bonchev–Trinajstić information content (AvgIpc) is 2.66. The number of hydrogen-bond donors (Lipinski definition) is 1. The molecule has 1 atom stereocenters. The van der Waals surface area contributed by atoms with Crippen molar-refractivity contribution >= 4 is 11.7 Å². The molecule has 2 amide bonds. The Morgan fingerprint density at radius 2 is 1.68 bits per heavy atom. The highest BCUT2D eigenvalue weighted by molar-refractivity contribution is 5.93. The van der Waals surface area contributed by atoms with E-state index in [1.807, 2.05) is 41.3 Å². The van der Waals surface area contributed by atoms with E-state index in [1.165, 1.54) is 0 Å². The van der Waals surface area contributed by atoms with E-state index in [2.05, 4.69) is 42.3 Å². The maximum Gasteiger partial charge on any atom is 0.322 e. The van der Waals surface area contributed by atoms with Crippen LogP contribution in [0, 0.1) is 0 Å². The van der Waals surface area contributed by atoms with E-state index in [0.717, 1.165) is 49.4 Å². The number of fused-ring (bicyclic) bond motifs is 1. The first-order valence-electron chi connectivity index (χ1n) is 9.18. The topological polar surface area (TPSA) is 35.6 Å². The highest BCUT2D eigenvalue weighted by Crippen LogP contribution is 2.37. The van der Waals surface area contributed by atoms with Crippen molar-refractivity contribution < 1.29 is 4.79 Å². The second-order valence-corrected chi connectivity index (χ2v) is 6.40. The lowest BCUT2D eigenvalue weighted by Gasteiger charge is -2.38. The largest absolute Gasteiger partial charge is 0.322 e. The predicted molar refractivity (Wildman–Crippen MR) is 103 cm³/mol. The Morgan fingerprint density at radius 1 is 1.00 bits per heavy atom. The number of nitrogens with zero attached hydrogens (tertiary/aromatic N) is 2. The zero-order valence-electron chi connectivity index (χ0n) is 15.1. The van der Waals surface area contributed by atoms with Gasteiger partial charge in [-0.05, 0) is 37.7 Å². The third kappa shape index (κ3) is 3.85. The number of carbonyl (C=O) groups excluding carboxylic acids is 1. The first kappa shape index (κ1) is 17.5. The molecule has 0 fully saturated rings. The molecule has 0 aromatic heterocycles. The molecule has 25 heavy (non-hydrogen) atoms. The summed E-state index contributed by atoms with van der Waals surface area (Å²) in [5.74, 6) is 0. The molecule has 2 aromatic carbocycles. The third-order valence-electron chi connectivity index (χ3n) is 4.95. The van der Waals surface area contributed by atoms with Gasteiger partial charge in [0.15, 0.2) is 0 Å². The number of benzene rings is 2. The normalized spacial score (nSPS) is 16.7. The summed E-state index contributed by atoms with van der Waals surface area (Å²) in [5.41, 5.74) is 3.24. The Balaban J connectivity index is 1.86. The van der Waals surface area contributed by atoms with Gasteiger partial charge < -0.3 is 15.1 Å². The Kier molecular flexibility index (Phi) is 5.71. The van der Waals surface area contributed by atoms with E-state index in [0.29, 0.717) is 0 Å². The molecule has 3 rings (SSSR count). The van der Waals surface area contributed by atoms with Crippen LogP contribution < -0.4 is 5.32 Å². The molecule has 0 bridgehead atoms. The van der Waals surface area contributed by atoms with Crippen LogP contribution in [0.15, 0.2) is 54.6 Å². The summed E-state index contributed by atoms with van der Waals surface area (Å²) in [4.78, 5) is 17.1. The minimum Gasteiger partial charge on any atom is -0.313 e. The summed E-state index contributed by atoms with van der Waals surface area (Å²) in [5, 5.41) is 3.05. The molecule has 1 N–H and O–H groups in total. The molecule has 1 heterocycles. The van der Waals surface area contributed by atoms with Crippen LogP contribution in [-0.2, 0) is 0 Å². The second kappa shape index (κ2) is 8.17. The van der Waals surface area contributed by atoms with E-state index < -0.39 is 0 Å². The molecule has 0 saturated carbocycles. The summed E-state index contributed by atoms with van der Waals surface area (Å²) < 4.78 is 0. The molecule has 1 aliphatic heterocycles. The summed E-state index contributed by atoms with van der Waals surface area (Å²) in [6.07, 6.45) is 0.973. The standard InChI is InChI=1S/C21H27N3O/c1-3-23(4-2)15-10-16-24-20(17-11-6-5-7-12-17)18-13-8-9-14-19(18)22-21(24)25/h5-9,11-14,20H,3-4,10,15-16H2,1-2H3,(H,22,25). The molecule has 1 unspecified atom stereocenters. The Hall–Kier alpha value is -2.33. The summed E-state index contributed by atoms with van der Waals surface area (Å²) in [6.45, 7) is 8.22. The van der Waals surface area contributed by atoms with Crippen molar-refractivity contribution in [1.29, 1.82) is 0 Å². The third-order valence-corrected chi connectivity index (χ3v) is 4.95. The van der Waals surface area contributed by atoms with Gasteiger partial charge in [-0.25, -0.2) is 4.79 Å². The molecular formula is C21H27N3O. The maximum atomic E-state index is 12.8. The number of amides is 2. The number of urea groups is 1. The Bertz CT molecular complexity index is 697. The summed E-state index contributed by atoms with van der Waals surface area (Å²) in [7, 11) is 0. The molecule has 1 aliphatic rings. The molecular weight excluding hydrogens is 310 g/mol. The number of hydrogen-bond acceptors (Lipinski definition) is 2. The summed E-state index contributed by atoms with van der Waals surface area (Å²) >= 11 is 0. The minimum absolute atomic E-state index is 0.00731. The van der Waals surface area contributed by atoms with E-state index >= 15 is 0 Å². The first-order chi connectivity index (χ1) is 12.2. The lowest BCUT2D eigenvalue weighted by molar-refractivity contribution is 0.188. The van der Waals surface area contributed by atoms with Crippen molar-refractivity contribution in [3.05, 3.63) is 65.7 Å². The lowest BCUT2D eigenvalue weighted by Crippen LogP contribution is -2.44. The van der Waals surface area contributed by atoms with Crippen molar-refractivity contribution in [1.82, 2.24) is 9.80 Å². The quantitative estimate of drug-likeness (QED) is 0.815. The van der Waals surface area contributed by atoms with E-state index in [-0.39, 0.29) is 12.1 Å². The minimum atomic E-state index is -0.0251. The average molecular weight is 337 g/mol. The van der Waals surface area contributed by atoms with Gasteiger partial charge in [0.2, 0.25) is 0 Å². The molecule has 0 spiro atoms. The number of rotatable bonds is 7. The summed E-state index contributed by atoms with van der Waals surface area (Å²) in [6, 6.07) is 18.4. The molecule has 0 aliphatic carbocycles. The highest BCUT2D eigenvalue weighted by Gasteiger charge is 2.32. The smallest absolute Gasteiger partial charge is 0.313 e. The van der Waals surface area contributed by atoms with Gasteiger partial charge in [-0.1, -0.05) is 62.4 Å². The maximum absolute atomic E-state index is 12.8. The van der Waals surface area contributed by atoms with E-state index in [9.17, 15) is 4.79 Å². The number of nitrogens with one attached hydrogen (secondary N) is 1. The molecule has 0 saturated heterocycles. The monoisotopic (exact) mass is 337 g/mol. The fourth-order valence-corrected chi connectivity index (χ4v) is 3.55. The second-order valence-electron chi connectivity index (χ2n) is 6.40. The van der Waals surface area contributed by atoms with Crippen LogP contribution in [0.5, 0.6) is 0 Å². The van der Waals surface area contributed by atoms with E-state index in [4.69, 9.17) is 0 Å². The molecule has 0 radical (unpaired) electrons. The van der Waals surface area contributed by atoms with Crippen LogP contribution in [0.2, 0.25) is 0 Å². The fourth-order valence-electron chi connectivity index (χ4n) is 3.55. The molecule has 132 valence electrons. The highest BCUT2D eigenvalue weighted by atomic mass is 16.2. The van der Waals surface area contributed by atoms with Crippen LogP contribution in [0.1, 0.15) is 37.4 Å². The number of para-hydroxylation sites is 1. The van der Waals surface area contributed by atoms with Gasteiger partial charge in [0.05, 0.1) is 6.04 Å². The van der Waals surface area contributed by atoms with Crippen LogP contribution in [0.3, 0.4) is 0 Å². The number of anilines is 1. The Labute approximate surface area is 150 Å². The fraction of sp³-hybridized carbons (Fsp3) is 0.381. The van der Waals surface area contributed by atoms with Crippen molar-refractivity contribution in [3.8, 4) is 0 Å². The molecule has 2 aromatic rings. The van der Waals surface area contributed by atoms with Crippen molar-refractivity contribution in [2.75, 3.05) is 31.5 Å². The van der Waals surface area contributed by atoms with E-state index in [1.54, 1.807) is 0 Å². The van der Waals surface area contributed by atoms with Gasteiger partial charge in [0.25, 0.3) is 0 Å². The Morgan fingerprint density at radius 3 is 2.40 bits per heavy atom. The molecule has 4 heteroatoms. The first-order valence-corrected chi connectivity index (χ1v) is 9.18. The van der Waals surface area contributed by atoms with Crippen molar-refractivity contribution in [2.45, 2.75) is 26.3 Å². The van der Waals surface area contributed by atoms with Crippen LogP contribution in [-0.4, -0.2) is 42.0 Å². The van der Waals surface area contributed by atoms with Gasteiger partial charge in [0.1, 0.15) is 0 Å². The van der Waals surface area contributed by atoms with Gasteiger partial charge in [-0.2, -0.15) is 0 Å². The predicted octanol–water partition coefficient (Wildman–Crippen LogP) is 4.36. The van der Waals surface area contributed by atoms with Crippen LogP contribution in [0.4, 0.5) is 10.5 Å². The van der Waals surface area contributed by atoms with Gasteiger partial charge in [-0.15, -0.1) is 0 Å². The number of carbonyl (C=O) groups is 1. The SMILES string of the molecule is CCN(CC)CCCN1C(=O)Nc2ccccc2C1c1ccccc1. The van der Waals surface area contributed by atoms with Gasteiger partial charge in [-0.3, -0.25) is 0 Å².